The maximum Gasteiger partial charge on any atom is 0.261 e. The van der Waals surface area contributed by atoms with Gasteiger partial charge in [0.15, 0.2) is 11.0 Å². The van der Waals surface area contributed by atoms with Crippen molar-refractivity contribution >= 4 is 52.0 Å². The van der Waals surface area contributed by atoms with Crippen LogP contribution in [0.2, 0.25) is 0 Å². The highest BCUT2D eigenvalue weighted by Gasteiger charge is 2.34. The number of thioether (sulfide) groups is 1. The van der Waals surface area contributed by atoms with Gasteiger partial charge >= 0.3 is 0 Å². The van der Waals surface area contributed by atoms with Gasteiger partial charge in [0.25, 0.3) is 11.8 Å². The zero-order valence-corrected chi connectivity index (χ0v) is 26.8. The molecular formula is C32H30N6O3S3. The monoisotopic (exact) mass is 642 g/mol. The highest BCUT2D eigenvalue weighted by Crippen LogP contribution is 2.35. The Morgan fingerprint density at radius 1 is 1.00 bits per heavy atom. The smallest absolute Gasteiger partial charge is 0.261 e. The molecule has 0 unspecified atom stereocenters. The Hall–Kier alpha value is -4.26. The van der Waals surface area contributed by atoms with Crippen molar-refractivity contribution in [1.82, 2.24) is 25.1 Å². The van der Waals surface area contributed by atoms with E-state index in [1.807, 2.05) is 89.8 Å². The van der Waals surface area contributed by atoms with Gasteiger partial charge in [-0.15, -0.1) is 32.9 Å². The average Bonchev–Trinajstić information content (AvgIpc) is 3.87. The molecule has 0 saturated heterocycles. The van der Waals surface area contributed by atoms with Gasteiger partial charge in [0.05, 0.1) is 46.6 Å². The van der Waals surface area contributed by atoms with Gasteiger partial charge in [0, 0.05) is 6.42 Å². The molecule has 1 aliphatic heterocycles. The molecule has 0 spiro atoms. The molecule has 5 aromatic rings. The third kappa shape index (κ3) is 6.19. The lowest BCUT2D eigenvalue weighted by molar-refractivity contribution is -0.130. The summed E-state index contributed by atoms with van der Waals surface area (Å²) in [6.45, 7) is 4.28. The minimum absolute atomic E-state index is 0.110. The molecule has 0 bridgehead atoms. The summed E-state index contributed by atoms with van der Waals surface area (Å²) in [7, 11) is 1.63. The molecule has 224 valence electrons. The lowest BCUT2D eigenvalue weighted by Gasteiger charge is -2.22. The molecule has 2 amide bonds. The van der Waals surface area contributed by atoms with Crippen molar-refractivity contribution < 1.29 is 14.3 Å². The van der Waals surface area contributed by atoms with Crippen LogP contribution in [0.5, 0.6) is 5.75 Å². The highest BCUT2D eigenvalue weighted by atomic mass is 32.2. The molecule has 0 fully saturated rings. The summed E-state index contributed by atoms with van der Waals surface area (Å²) in [4.78, 5) is 28.2. The third-order valence-electron chi connectivity index (χ3n) is 7.47. The molecule has 0 radical (unpaired) electrons. The maximum absolute atomic E-state index is 13.8. The molecule has 2 aromatic carbocycles. The summed E-state index contributed by atoms with van der Waals surface area (Å²) in [5.74, 6) is 1.14. The Kier molecular flexibility index (Phi) is 8.91. The van der Waals surface area contributed by atoms with Crippen LogP contribution in [0, 0.1) is 13.8 Å². The van der Waals surface area contributed by atoms with Gasteiger partial charge in [0.1, 0.15) is 5.75 Å². The van der Waals surface area contributed by atoms with Gasteiger partial charge < -0.3 is 10.1 Å². The topological polar surface area (TPSA) is 102 Å². The summed E-state index contributed by atoms with van der Waals surface area (Å²) >= 11 is 4.30. The number of aromatic nitrogens is 3. The first-order valence-corrected chi connectivity index (χ1v) is 16.7. The van der Waals surface area contributed by atoms with Crippen molar-refractivity contribution in [2.24, 2.45) is 5.10 Å². The SMILES string of the molecule is COc1ccc([C@H]2CC(c3cccs3)=NN2C(=O)CSc2nnc(CNC(=O)c3cccs3)n2-c2cccc(C)c2C)cc1. The summed E-state index contributed by atoms with van der Waals surface area (Å²) < 4.78 is 7.27. The number of aryl methyl sites for hydroxylation is 1. The molecule has 1 N–H and O–H groups in total. The maximum atomic E-state index is 13.8. The second-order valence-electron chi connectivity index (χ2n) is 10.2. The van der Waals surface area contributed by atoms with E-state index in [4.69, 9.17) is 9.84 Å². The Morgan fingerprint density at radius 2 is 1.80 bits per heavy atom. The van der Waals surface area contributed by atoms with E-state index in [0.29, 0.717) is 22.3 Å². The van der Waals surface area contributed by atoms with Crippen LogP contribution in [0.25, 0.3) is 5.69 Å². The van der Waals surface area contributed by atoms with Crippen molar-refractivity contribution in [2.45, 2.75) is 38.0 Å². The van der Waals surface area contributed by atoms with Crippen LogP contribution in [-0.2, 0) is 11.3 Å². The zero-order chi connectivity index (χ0) is 30.6. The number of carbonyl (C=O) groups is 2. The summed E-state index contributed by atoms with van der Waals surface area (Å²) in [6, 6.07) is 21.2. The molecule has 3 aromatic heterocycles. The number of carbonyl (C=O) groups excluding carboxylic acids is 2. The predicted octanol–water partition coefficient (Wildman–Crippen LogP) is 6.42. The standard InChI is InChI=1S/C32H30N6O3S3/c1-20-7-4-8-25(21(20)2)37-29(18-33-31(40)28-10-6-16-43-28)34-35-32(37)44-19-30(39)38-26(22-11-13-23(41-3)14-12-22)17-24(36-38)27-9-5-15-42-27/h4-16,26H,17-19H2,1-3H3,(H,33,40)/t26-/m1/s1. The number of rotatable bonds is 10. The fourth-order valence-electron chi connectivity index (χ4n) is 4.99. The lowest BCUT2D eigenvalue weighted by Crippen LogP contribution is -2.28. The van der Waals surface area contributed by atoms with E-state index in [0.717, 1.165) is 38.7 Å². The van der Waals surface area contributed by atoms with Crippen molar-refractivity contribution in [3.63, 3.8) is 0 Å². The van der Waals surface area contributed by atoms with Crippen molar-refractivity contribution in [3.05, 3.63) is 110 Å². The second kappa shape index (κ2) is 13.2. The molecule has 12 heteroatoms. The van der Waals surface area contributed by atoms with E-state index in [9.17, 15) is 9.59 Å². The van der Waals surface area contributed by atoms with E-state index in [-0.39, 0.29) is 30.2 Å². The number of ether oxygens (including phenoxy) is 1. The quantitative estimate of drug-likeness (QED) is 0.177. The molecule has 44 heavy (non-hydrogen) atoms. The second-order valence-corrected chi connectivity index (χ2v) is 13.0. The summed E-state index contributed by atoms with van der Waals surface area (Å²) in [5, 5.41) is 22.7. The number of hydrogen-bond acceptors (Lipinski definition) is 9. The molecule has 1 aliphatic rings. The number of nitrogens with one attached hydrogen (secondary N) is 1. The van der Waals surface area contributed by atoms with Gasteiger partial charge in [-0.05, 0) is 71.6 Å². The Morgan fingerprint density at radius 3 is 2.52 bits per heavy atom. The van der Waals surface area contributed by atoms with E-state index < -0.39 is 0 Å². The van der Waals surface area contributed by atoms with Gasteiger partial charge in [-0.1, -0.05) is 48.2 Å². The first-order chi connectivity index (χ1) is 21.4. The minimum Gasteiger partial charge on any atom is -0.497 e. The van der Waals surface area contributed by atoms with E-state index in [1.54, 1.807) is 29.5 Å². The highest BCUT2D eigenvalue weighted by molar-refractivity contribution is 7.99. The Balaban J connectivity index is 1.26. The van der Waals surface area contributed by atoms with Crippen molar-refractivity contribution in [1.29, 1.82) is 0 Å². The van der Waals surface area contributed by atoms with E-state index in [1.165, 1.54) is 23.1 Å². The molecule has 0 aliphatic carbocycles. The molecular weight excluding hydrogens is 613 g/mol. The predicted molar refractivity (Wildman–Crippen MR) is 175 cm³/mol. The van der Waals surface area contributed by atoms with Crippen LogP contribution in [0.15, 0.2) is 87.7 Å². The fourth-order valence-corrected chi connectivity index (χ4v) is 7.17. The van der Waals surface area contributed by atoms with Gasteiger partial charge in [0.2, 0.25) is 0 Å². The normalized spacial score (nSPS) is 14.5. The average molecular weight is 643 g/mol. The molecule has 0 saturated carbocycles. The Labute approximate surface area is 267 Å². The number of methoxy groups -OCH3 is 1. The first kappa shape index (κ1) is 29.8. The van der Waals surface area contributed by atoms with Gasteiger partial charge in [-0.25, -0.2) is 5.01 Å². The number of nitrogens with zero attached hydrogens (tertiary/aromatic N) is 5. The van der Waals surface area contributed by atoms with Crippen molar-refractivity contribution in [3.8, 4) is 11.4 Å². The molecule has 1 atom stereocenters. The Bertz CT molecular complexity index is 1800. The summed E-state index contributed by atoms with van der Waals surface area (Å²) in [6.07, 6.45) is 0.621. The van der Waals surface area contributed by atoms with Crippen LogP contribution in [0.1, 0.15) is 49.5 Å². The van der Waals surface area contributed by atoms with Crippen molar-refractivity contribution in [2.75, 3.05) is 12.9 Å². The molecule has 9 nitrogen and oxygen atoms in total. The number of thiophene rings is 2. The van der Waals surface area contributed by atoms with Crippen LogP contribution in [-0.4, -0.2) is 50.2 Å². The van der Waals surface area contributed by atoms with E-state index >= 15 is 0 Å². The first-order valence-electron chi connectivity index (χ1n) is 14.0. The largest absolute Gasteiger partial charge is 0.497 e. The fraction of sp³-hybridized carbons (Fsp3) is 0.219. The third-order valence-corrected chi connectivity index (χ3v) is 10.2. The lowest BCUT2D eigenvalue weighted by atomic mass is 10.0. The van der Waals surface area contributed by atoms with Crippen LogP contribution in [0.4, 0.5) is 0 Å². The van der Waals surface area contributed by atoms with E-state index in [2.05, 4.69) is 15.5 Å². The molecule has 6 rings (SSSR count). The number of benzene rings is 2. The van der Waals surface area contributed by atoms with Crippen LogP contribution in [0.3, 0.4) is 0 Å². The number of hydrazone groups is 1. The molecule has 4 heterocycles. The van der Waals surface area contributed by atoms with Gasteiger partial charge in [-0.3, -0.25) is 14.2 Å². The number of amides is 2. The zero-order valence-electron chi connectivity index (χ0n) is 24.4. The van der Waals surface area contributed by atoms with Crippen LogP contribution >= 0.6 is 34.4 Å². The minimum atomic E-state index is -0.231. The number of hydrogen-bond donors (Lipinski definition) is 1. The summed E-state index contributed by atoms with van der Waals surface area (Å²) in [5.41, 5.74) is 4.96. The van der Waals surface area contributed by atoms with Crippen LogP contribution < -0.4 is 10.1 Å². The van der Waals surface area contributed by atoms with Gasteiger partial charge in [-0.2, -0.15) is 5.10 Å².